The number of nitrogens with one attached hydrogen (secondary N) is 2. The van der Waals surface area contributed by atoms with E-state index in [1.54, 1.807) is 41.0 Å². The Hall–Kier alpha value is -3.59. The quantitative estimate of drug-likeness (QED) is 0.375. The Morgan fingerprint density at radius 1 is 1.06 bits per heavy atom. The van der Waals surface area contributed by atoms with Crippen LogP contribution < -0.4 is 10.6 Å². The number of benzene rings is 1. The number of pyridine rings is 1. The third-order valence-corrected chi connectivity index (χ3v) is 6.88. The third kappa shape index (κ3) is 5.48. The Morgan fingerprint density at radius 3 is 2.68 bits per heavy atom. The van der Waals surface area contributed by atoms with Crippen LogP contribution in [-0.2, 0) is 17.1 Å². The molecule has 0 unspecified atom stereocenters. The second-order valence-electron chi connectivity index (χ2n) is 8.44. The van der Waals surface area contributed by atoms with E-state index in [1.165, 1.54) is 12.8 Å². The maximum Gasteiger partial charge on any atom is 0.255 e. The first-order valence-corrected chi connectivity index (χ1v) is 12.4. The highest BCUT2D eigenvalue weighted by Gasteiger charge is 2.17. The van der Waals surface area contributed by atoms with Crippen LogP contribution in [0.25, 0.3) is 5.65 Å². The Kier molecular flexibility index (Phi) is 6.62. The zero-order valence-electron chi connectivity index (χ0n) is 18.7. The van der Waals surface area contributed by atoms with Crippen molar-refractivity contribution in [2.24, 2.45) is 0 Å². The molecule has 1 fully saturated rings. The molecule has 2 N–H and O–H groups in total. The molecule has 2 amide bonds. The molecule has 8 nitrogen and oxygen atoms in total. The standard InChI is InChI=1S/C25H26N6O2S/c32-24(28-19-5-1-2-6-19)16-31-15-20(13-26-31)29-25(33)18-8-10-22(11-9-18)34-17-21-14-30-12-4-3-7-23(30)27-21/h3-4,7-15,19H,1-2,5-6,16-17H2,(H,28,32)(H,29,33). The number of imidazole rings is 1. The summed E-state index contributed by atoms with van der Waals surface area (Å²) in [6.45, 7) is 0.143. The van der Waals surface area contributed by atoms with Gasteiger partial charge >= 0.3 is 0 Å². The van der Waals surface area contributed by atoms with Crippen LogP contribution in [0.3, 0.4) is 0 Å². The van der Waals surface area contributed by atoms with Crippen molar-refractivity contribution >= 4 is 34.9 Å². The number of thioether (sulfide) groups is 1. The highest BCUT2D eigenvalue weighted by atomic mass is 32.2. The number of rotatable bonds is 8. The number of carbonyl (C=O) groups is 2. The molecule has 0 bridgehead atoms. The lowest BCUT2D eigenvalue weighted by atomic mass is 10.2. The highest BCUT2D eigenvalue weighted by molar-refractivity contribution is 7.98. The topological polar surface area (TPSA) is 93.3 Å². The SMILES string of the molecule is O=C(Cn1cc(NC(=O)c2ccc(SCc3cn4ccccc4n3)cc2)cn1)NC1CCCC1. The van der Waals surface area contributed by atoms with Gasteiger partial charge in [-0.15, -0.1) is 11.8 Å². The van der Waals surface area contributed by atoms with Crippen LogP contribution in [0.5, 0.6) is 0 Å². The van der Waals surface area contributed by atoms with Gasteiger partial charge in [-0.3, -0.25) is 14.3 Å². The molecule has 3 heterocycles. The van der Waals surface area contributed by atoms with Crippen molar-refractivity contribution in [3.05, 3.63) is 78.5 Å². The van der Waals surface area contributed by atoms with Gasteiger partial charge in [0.05, 0.1) is 17.6 Å². The zero-order chi connectivity index (χ0) is 23.3. The average Bonchev–Trinajstić information content (AvgIpc) is 3.59. The van der Waals surface area contributed by atoms with Crippen molar-refractivity contribution in [2.75, 3.05) is 5.32 Å². The molecule has 1 saturated carbocycles. The van der Waals surface area contributed by atoms with Crippen molar-refractivity contribution in [3.63, 3.8) is 0 Å². The van der Waals surface area contributed by atoms with Gasteiger partial charge in [0.15, 0.2) is 0 Å². The number of hydrogen-bond acceptors (Lipinski definition) is 5. The van der Waals surface area contributed by atoms with Crippen molar-refractivity contribution in [3.8, 4) is 0 Å². The minimum absolute atomic E-state index is 0.0513. The van der Waals surface area contributed by atoms with Crippen LogP contribution in [0.2, 0.25) is 0 Å². The maximum absolute atomic E-state index is 12.6. The van der Waals surface area contributed by atoms with E-state index in [0.29, 0.717) is 11.3 Å². The lowest BCUT2D eigenvalue weighted by Crippen LogP contribution is -2.35. The van der Waals surface area contributed by atoms with Gasteiger partial charge < -0.3 is 15.0 Å². The van der Waals surface area contributed by atoms with Crippen LogP contribution in [0.15, 0.2) is 72.1 Å². The summed E-state index contributed by atoms with van der Waals surface area (Å²) >= 11 is 1.67. The molecule has 4 aromatic rings. The molecule has 3 aromatic heterocycles. The van der Waals surface area contributed by atoms with E-state index < -0.39 is 0 Å². The number of hydrogen-bond donors (Lipinski definition) is 2. The average molecular weight is 475 g/mol. The summed E-state index contributed by atoms with van der Waals surface area (Å²) in [7, 11) is 0. The summed E-state index contributed by atoms with van der Waals surface area (Å²) in [4.78, 5) is 30.5. The van der Waals surface area contributed by atoms with E-state index in [9.17, 15) is 9.59 Å². The van der Waals surface area contributed by atoms with Gasteiger partial charge in [-0.25, -0.2) is 4.98 Å². The molecule has 0 atom stereocenters. The lowest BCUT2D eigenvalue weighted by Gasteiger charge is -2.11. The predicted octanol–water partition coefficient (Wildman–Crippen LogP) is 4.13. The molecule has 174 valence electrons. The van der Waals surface area contributed by atoms with Crippen LogP contribution >= 0.6 is 11.8 Å². The first-order chi connectivity index (χ1) is 16.6. The molecule has 0 radical (unpaired) electrons. The summed E-state index contributed by atoms with van der Waals surface area (Å²) in [5.74, 6) is 0.484. The van der Waals surface area contributed by atoms with Gasteiger partial charge in [-0.2, -0.15) is 5.10 Å². The van der Waals surface area contributed by atoms with Crippen LogP contribution in [0.1, 0.15) is 41.7 Å². The minimum Gasteiger partial charge on any atom is -0.352 e. The Bertz CT molecular complexity index is 1260. The van der Waals surface area contributed by atoms with Crippen LogP contribution in [0.4, 0.5) is 5.69 Å². The van der Waals surface area contributed by atoms with E-state index in [2.05, 4.69) is 20.7 Å². The molecule has 1 aliphatic carbocycles. The summed E-state index contributed by atoms with van der Waals surface area (Å²) in [5.41, 5.74) is 3.06. The summed E-state index contributed by atoms with van der Waals surface area (Å²) in [5, 5.41) is 10.1. The number of anilines is 1. The second kappa shape index (κ2) is 10.1. The molecule has 0 saturated heterocycles. The first kappa shape index (κ1) is 22.2. The van der Waals surface area contributed by atoms with Crippen LogP contribution in [0, 0.1) is 0 Å². The molecule has 34 heavy (non-hydrogen) atoms. The molecule has 9 heteroatoms. The third-order valence-electron chi connectivity index (χ3n) is 5.83. The predicted molar refractivity (Wildman–Crippen MR) is 132 cm³/mol. The monoisotopic (exact) mass is 474 g/mol. The van der Waals surface area contributed by atoms with E-state index in [0.717, 1.165) is 34.8 Å². The van der Waals surface area contributed by atoms with Gasteiger partial charge in [0, 0.05) is 40.8 Å². The molecular weight excluding hydrogens is 448 g/mol. The van der Waals surface area contributed by atoms with Crippen LogP contribution in [-0.4, -0.2) is 37.0 Å². The molecule has 0 spiro atoms. The Labute approximate surface area is 201 Å². The second-order valence-corrected chi connectivity index (χ2v) is 9.49. The van der Waals surface area contributed by atoms with E-state index in [1.807, 2.05) is 47.1 Å². The normalized spacial score (nSPS) is 13.9. The lowest BCUT2D eigenvalue weighted by molar-refractivity contribution is -0.122. The van der Waals surface area contributed by atoms with E-state index in [4.69, 9.17) is 0 Å². The van der Waals surface area contributed by atoms with Crippen molar-refractivity contribution < 1.29 is 9.59 Å². The fraction of sp³-hybridized carbons (Fsp3) is 0.280. The van der Waals surface area contributed by atoms with E-state index in [-0.39, 0.29) is 24.4 Å². The van der Waals surface area contributed by atoms with Gasteiger partial charge in [-0.1, -0.05) is 18.9 Å². The minimum atomic E-state index is -0.216. The number of fused-ring (bicyclic) bond motifs is 1. The summed E-state index contributed by atoms with van der Waals surface area (Å²) < 4.78 is 3.55. The zero-order valence-corrected chi connectivity index (χ0v) is 19.5. The summed E-state index contributed by atoms with van der Waals surface area (Å²) in [6, 6.07) is 13.7. The number of nitrogens with zero attached hydrogens (tertiary/aromatic N) is 4. The van der Waals surface area contributed by atoms with Gasteiger partial charge in [-0.05, 0) is 49.2 Å². The first-order valence-electron chi connectivity index (χ1n) is 11.4. The van der Waals surface area contributed by atoms with Gasteiger partial charge in [0.1, 0.15) is 12.2 Å². The van der Waals surface area contributed by atoms with Gasteiger partial charge in [0.25, 0.3) is 5.91 Å². The molecule has 5 rings (SSSR count). The summed E-state index contributed by atoms with van der Waals surface area (Å²) in [6.07, 6.45) is 11.7. The number of amides is 2. The highest BCUT2D eigenvalue weighted by Crippen LogP contribution is 2.23. The maximum atomic E-state index is 12.6. The fourth-order valence-electron chi connectivity index (χ4n) is 4.12. The van der Waals surface area contributed by atoms with Crippen molar-refractivity contribution in [2.45, 2.75) is 48.9 Å². The number of carbonyl (C=O) groups excluding carboxylic acids is 2. The largest absolute Gasteiger partial charge is 0.352 e. The Balaban J connectivity index is 1.12. The molecular formula is C25H26N6O2S. The molecule has 0 aliphatic heterocycles. The van der Waals surface area contributed by atoms with E-state index >= 15 is 0 Å². The molecule has 1 aliphatic rings. The van der Waals surface area contributed by atoms with Crippen molar-refractivity contribution in [1.82, 2.24) is 24.5 Å². The van der Waals surface area contributed by atoms with Crippen molar-refractivity contribution in [1.29, 1.82) is 0 Å². The Morgan fingerprint density at radius 2 is 1.88 bits per heavy atom. The molecule has 1 aromatic carbocycles. The fourth-order valence-corrected chi connectivity index (χ4v) is 4.91. The number of aromatic nitrogens is 4. The smallest absolute Gasteiger partial charge is 0.255 e. The van der Waals surface area contributed by atoms with Gasteiger partial charge in [0.2, 0.25) is 5.91 Å².